The van der Waals surface area contributed by atoms with Gasteiger partial charge in [-0.2, -0.15) is 13.2 Å². The van der Waals surface area contributed by atoms with E-state index in [4.69, 9.17) is 26.2 Å². The van der Waals surface area contributed by atoms with E-state index in [0.29, 0.717) is 17.1 Å². The zero-order valence-electron chi connectivity index (χ0n) is 14.1. The van der Waals surface area contributed by atoms with E-state index in [-0.39, 0.29) is 30.0 Å². The number of carboxylic acids is 1. The summed E-state index contributed by atoms with van der Waals surface area (Å²) in [6.45, 7) is 0.204. The highest BCUT2D eigenvalue weighted by Crippen LogP contribution is 2.40. The molecule has 0 aliphatic carbocycles. The summed E-state index contributed by atoms with van der Waals surface area (Å²) < 4.78 is 49.3. The molecule has 0 amide bonds. The number of aliphatic carboxylic acids is 1. The molecule has 144 valence electrons. The molecule has 1 aliphatic rings. The monoisotopic (exact) mass is 401 g/mol. The number of nitrogens with zero attached hydrogens (tertiary/aromatic N) is 1. The Kier molecular flexibility index (Phi) is 5.21. The highest BCUT2D eigenvalue weighted by molar-refractivity contribution is 6.32. The molecule has 0 aromatic heterocycles. The van der Waals surface area contributed by atoms with E-state index >= 15 is 0 Å². The zero-order valence-corrected chi connectivity index (χ0v) is 14.8. The molecule has 0 fully saturated rings. The fourth-order valence-corrected chi connectivity index (χ4v) is 3.01. The molecule has 2 aromatic rings. The number of benzene rings is 2. The minimum absolute atomic E-state index is 0.0691. The smallest absolute Gasteiger partial charge is 0.416 e. The molecule has 1 atom stereocenters. The number of carbonyl (C=O) groups is 1. The first kappa shape index (κ1) is 19.3. The molecule has 1 aliphatic heterocycles. The lowest BCUT2D eigenvalue weighted by Gasteiger charge is -2.33. The fraction of sp³-hybridized carbons (Fsp3) is 0.278. The second-order valence-electron chi connectivity index (χ2n) is 6.09. The molecule has 2 aromatic carbocycles. The molecular formula is C18H15ClF3NO4. The average molecular weight is 402 g/mol. The summed E-state index contributed by atoms with van der Waals surface area (Å²) in [6, 6.07) is 7.29. The molecule has 0 saturated carbocycles. The standard InChI is InChI=1S/C18H15ClF3NO4/c1-23-9-26-16-7-11(3-4-12(16)14(23)8-17(24)25)27-15-5-2-10(6-13(15)19)18(20,21)22/h2-7,14H,8-9H2,1H3,(H,24,25). The van der Waals surface area contributed by atoms with Crippen LogP contribution < -0.4 is 9.47 Å². The van der Waals surface area contributed by atoms with E-state index in [1.54, 1.807) is 30.1 Å². The van der Waals surface area contributed by atoms with Gasteiger partial charge in [-0.3, -0.25) is 9.69 Å². The summed E-state index contributed by atoms with van der Waals surface area (Å²) in [5.41, 5.74) is -0.176. The second-order valence-corrected chi connectivity index (χ2v) is 6.50. The Morgan fingerprint density at radius 1 is 1.33 bits per heavy atom. The van der Waals surface area contributed by atoms with Gasteiger partial charge in [-0.05, 0) is 31.3 Å². The number of fused-ring (bicyclic) bond motifs is 1. The van der Waals surface area contributed by atoms with Crippen LogP contribution in [0.4, 0.5) is 13.2 Å². The SMILES string of the molecule is CN1COc2cc(Oc3ccc(C(F)(F)F)cc3Cl)ccc2C1CC(=O)O. The largest absolute Gasteiger partial charge is 0.481 e. The van der Waals surface area contributed by atoms with Crippen molar-refractivity contribution in [3.8, 4) is 17.2 Å². The van der Waals surface area contributed by atoms with Gasteiger partial charge in [-0.25, -0.2) is 0 Å². The molecule has 0 radical (unpaired) electrons. The van der Waals surface area contributed by atoms with Gasteiger partial charge in [0.25, 0.3) is 0 Å². The predicted octanol–water partition coefficient (Wildman–Crippen LogP) is 4.95. The maximum absolute atomic E-state index is 12.7. The van der Waals surface area contributed by atoms with Gasteiger partial charge in [0.15, 0.2) is 0 Å². The van der Waals surface area contributed by atoms with Crippen molar-refractivity contribution in [1.29, 1.82) is 0 Å². The van der Waals surface area contributed by atoms with Crippen molar-refractivity contribution in [3.63, 3.8) is 0 Å². The minimum atomic E-state index is -4.49. The van der Waals surface area contributed by atoms with Gasteiger partial charge in [0, 0.05) is 11.6 Å². The average Bonchev–Trinajstić information content (AvgIpc) is 2.58. The van der Waals surface area contributed by atoms with Crippen LogP contribution in [0.15, 0.2) is 36.4 Å². The van der Waals surface area contributed by atoms with E-state index in [2.05, 4.69) is 0 Å². The highest BCUT2D eigenvalue weighted by Gasteiger charge is 2.31. The lowest BCUT2D eigenvalue weighted by molar-refractivity contribution is -0.139. The fourth-order valence-electron chi connectivity index (χ4n) is 2.80. The third-order valence-electron chi connectivity index (χ3n) is 4.15. The number of carboxylic acid groups (broad SMARTS) is 1. The van der Waals surface area contributed by atoms with E-state index in [0.717, 1.165) is 18.2 Å². The van der Waals surface area contributed by atoms with Gasteiger partial charge >= 0.3 is 12.1 Å². The number of hydrogen-bond acceptors (Lipinski definition) is 4. The third-order valence-corrected chi connectivity index (χ3v) is 4.45. The molecule has 5 nitrogen and oxygen atoms in total. The van der Waals surface area contributed by atoms with Crippen molar-refractivity contribution >= 4 is 17.6 Å². The third kappa shape index (κ3) is 4.28. The Labute approximate surface area is 157 Å². The van der Waals surface area contributed by atoms with Gasteiger partial charge in [0.1, 0.15) is 24.0 Å². The molecule has 3 rings (SSSR count). The topological polar surface area (TPSA) is 59.0 Å². The Balaban J connectivity index is 1.85. The zero-order chi connectivity index (χ0) is 19.8. The lowest BCUT2D eigenvalue weighted by Crippen LogP contribution is -2.34. The lowest BCUT2D eigenvalue weighted by atomic mass is 10.00. The molecule has 0 spiro atoms. The highest BCUT2D eigenvalue weighted by atomic mass is 35.5. The van der Waals surface area contributed by atoms with E-state index in [1.165, 1.54) is 0 Å². The number of halogens is 4. The van der Waals surface area contributed by atoms with Gasteiger partial charge in [-0.15, -0.1) is 0 Å². The van der Waals surface area contributed by atoms with Crippen molar-refractivity contribution in [3.05, 3.63) is 52.5 Å². The van der Waals surface area contributed by atoms with E-state index in [1.807, 2.05) is 0 Å². The number of rotatable bonds is 4. The summed E-state index contributed by atoms with van der Waals surface area (Å²) >= 11 is 5.90. The molecule has 27 heavy (non-hydrogen) atoms. The van der Waals surface area contributed by atoms with Gasteiger partial charge in [0.2, 0.25) is 0 Å². The summed E-state index contributed by atoms with van der Waals surface area (Å²) in [5, 5.41) is 8.91. The summed E-state index contributed by atoms with van der Waals surface area (Å²) in [7, 11) is 1.75. The molecule has 1 N–H and O–H groups in total. The Morgan fingerprint density at radius 2 is 2.07 bits per heavy atom. The van der Waals surface area contributed by atoms with Crippen LogP contribution in [0.3, 0.4) is 0 Å². The van der Waals surface area contributed by atoms with Crippen LogP contribution in [-0.2, 0) is 11.0 Å². The molecule has 1 unspecified atom stereocenters. The van der Waals surface area contributed by atoms with Gasteiger partial charge in [0.05, 0.1) is 23.0 Å². The Morgan fingerprint density at radius 3 is 2.70 bits per heavy atom. The molecular weight excluding hydrogens is 387 g/mol. The van der Waals surface area contributed by atoms with Crippen molar-refractivity contribution in [1.82, 2.24) is 4.90 Å². The molecule has 1 heterocycles. The van der Waals surface area contributed by atoms with Crippen LogP contribution in [0.25, 0.3) is 0 Å². The maximum Gasteiger partial charge on any atom is 0.416 e. The second kappa shape index (κ2) is 7.28. The Bertz CT molecular complexity index is 872. The molecule has 0 saturated heterocycles. The number of ether oxygens (including phenoxy) is 2. The summed E-state index contributed by atoms with van der Waals surface area (Å²) in [5.74, 6) is -0.0925. The maximum atomic E-state index is 12.7. The normalized spacial score (nSPS) is 17.1. The van der Waals surface area contributed by atoms with Crippen molar-refractivity contribution in [2.24, 2.45) is 0 Å². The predicted molar refractivity (Wildman–Crippen MR) is 91.2 cm³/mol. The first-order valence-corrected chi connectivity index (χ1v) is 8.26. The molecule has 0 bridgehead atoms. The van der Waals surface area contributed by atoms with Gasteiger partial charge < -0.3 is 14.6 Å². The van der Waals surface area contributed by atoms with Crippen LogP contribution in [0.5, 0.6) is 17.2 Å². The van der Waals surface area contributed by atoms with Crippen molar-refractivity contribution in [2.45, 2.75) is 18.6 Å². The van der Waals surface area contributed by atoms with Crippen LogP contribution in [0.2, 0.25) is 5.02 Å². The van der Waals surface area contributed by atoms with Crippen molar-refractivity contribution < 1.29 is 32.5 Å². The van der Waals surface area contributed by atoms with Crippen LogP contribution in [-0.4, -0.2) is 29.8 Å². The van der Waals surface area contributed by atoms with Gasteiger partial charge in [-0.1, -0.05) is 17.7 Å². The first-order valence-electron chi connectivity index (χ1n) is 7.88. The van der Waals surface area contributed by atoms with E-state index < -0.39 is 17.7 Å². The first-order chi connectivity index (χ1) is 12.6. The van der Waals surface area contributed by atoms with Crippen LogP contribution >= 0.6 is 11.6 Å². The number of hydrogen-bond donors (Lipinski definition) is 1. The minimum Gasteiger partial charge on any atom is -0.481 e. The van der Waals surface area contributed by atoms with Crippen LogP contribution in [0, 0.1) is 0 Å². The summed E-state index contributed by atoms with van der Waals surface area (Å²) in [6.07, 6.45) is -4.58. The van der Waals surface area contributed by atoms with E-state index in [9.17, 15) is 18.0 Å². The Hall–Kier alpha value is -2.45. The quantitative estimate of drug-likeness (QED) is 0.785. The molecule has 9 heteroatoms. The number of alkyl halides is 3. The van der Waals surface area contributed by atoms with Crippen molar-refractivity contribution in [2.75, 3.05) is 13.8 Å². The van der Waals surface area contributed by atoms with Crippen LogP contribution in [0.1, 0.15) is 23.6 Å². The summed E-state index contributed by atoms with van der Waals surface area (Å²) in [4.78, 5) is 12.8.